The van der Waals surface area contributed by atoms with Gasteiger partial charge < -0.3 is 16.8 Å². The molecule has 1 aromatic heterocycles. The number of carbonyl (C=O) groups is 2. The van der Waals surface area contributed by atoms with Gasteiger partial charge in [0.05, 0.1) is 10.6 Å². The summed E-state index contributed by atoms with van der Waals surface area (Å²) >= 11 is 5.85. The summed E-state index contributed by atoms with van der Waals surface area (Å²) in [6, 6.07) is 4.30. The Morgan fingerprint density at radius 2 is 2.11 bits per heavy atom. The number of nitrogens with zero attached hydrogens (tertiary/aromatic N) is 2. The third kappa shape index (κ3) is 2.80. The van der Waals surface area contributed by atoms with Gasteiger partial charge in [0, 0.05) is 5.69 Å². The van der Waals surface area contributed by atoms with E-state index in [1.54, 1.807) is 0 Å². The second-order valence-corrected chi connectivity index (χ2v) is 3.96. The molecule has 0 saturated carbocycles. The lowest BCUT2D eigenvalue weighted by Gasteiger charge is -2.05. The molecule has 2 aromatic rings. The number of nitrogen functional groups attached to an aromatic ring is 1. The van der Waals surface area contributed by atoms with Gasteiger partial charge in [0.15, 0.2) is 0 Å². The zero-order valence-corrected chi connectivity index (χ0v) is 10.2. The highest BCUT2D eigenvalue weighted by Gasteiger charge is 2.12. The first kappa shape index (κ1) is 12.8. The number of anilines is 2. The van der Waals surface area contributed by atoms with Gasteiger partial charge in [-0.1, -0.05) is 11.6 Å². The van der Waals surface area contributed by atoms with Crippen LogP contribution in [0.25, 0.3) is 0 Å². The second kappa shape index (κ2) is 4.94. The molecule has 0 radical (unpaired) electrons. The Labute approximate surface area is 112 Å². The van der Waals surface area contributed by atoms with Crippen LogP contribution in [0, 0.1) is 0 Å². The predicted octanol–water partition coefficient (Wildman–Crippen LogP) is 0.391. The molecule has 1 heterocycles. The predicted molar refractivity (Wildman–Crippen MR) is 68.7 cm³/mol. The summed E-state index contributed by atoms with van der Waals surface area (Å²) in [6.45, 7) is 0. The van der Waals surface area contributed by atoms with Crippen LogP contribution in [0.1, 0.15) is 21.0 Å². The number of amides is 2. The van der Waals surface area contributed by atoms with Crippen molar-refractivity contribution in [3.05, 3.63) is 34.6 Å². The topological polar surface area (TPSA) is 140 Å². The van der Waals surface area contributed by atoms with Gasteiger partial charge in [0.2, 0.25) is 17.7 Å². The molecule has 0 unspecified atom stereocenters. The van der Waals surface area contributed by atoms with Crippen molar-refractivity contribution in [2.45, 2.75) is 0 Å². The molecule has 0 aliphatic rings. The van der Waals surface area contributed by atoms with Gasteiger partial charge in [-0.25, -0.2) is 0 Å². The van der Waals surface area contributed by atoms with Crippen molar-refractivity contribution in [3.8, 4) is 0 Å². The van der Waals surface area contributed by atoms with Crippen LogP contribution in [0.4, 0.5) is 11.6 Å². The van der Waals surface area contributed by atoms with E-state index >= 15 is 0 Å². The largest absolute Gasteiger partial charge is 0.366 e. The first-order valence-corrected chi connectivity index (χ1v) is 5.44. The zero-order chi connectivity index (χ0) is 14.0. The molecule has 0 aliphatic heterocycles. The number of aromatic nitrogens is 3. The molecule has 0 bridgehead atoms. The lowest BCUT2D eigenvalue weighted by molar-refractivity contribution is 0.0997. The third-order valence-corrected chi connectivity index (χ3v) is 2.52. The van der Waals surface area contributed by atoms with Crippen LogP contribution in [-0.4, -0.2) is 27.0 Å². The number of hydrogen-bond acceptors (Lipinski definition) is 5. The molecule has 2 rings (SSSR count). The summed E-state index contributed by atoms with van der Waals surface area (Å²) in [5.41, 5.74) is 10.9. The maximum absolute atomic E-state index is 11.7. The molecule has 8 nitrogen and oxygen atoms in total. The zero-order valence-electron chi connectivity index (χ0n) is 9.48. The van der Waals surface area contributed by atoms with E-state index in [2.05, 4.69) is 20.5 Å². The highest BCUT2D eigenvalue weighted by molar-refractivity contribution is 6.34. The van der Waals surface area contributed by atoms with Crippen LogP contribution < -0.4 is 16.8 Å². The standard InChI is InChI=1S/C10H9ClN6O2/c11-6-3-4(1-2-5(6)7(12)18)14-9(19)8-15-10(13)17-16-8/h1-3H,(H2,12,18)(H,14,19)(H3,13,15,16,17). The number of primary amides is 1. The number of nitrogens with two attached hydrogens (primary N) is 2. The van der Waals surface area contributed by atoms with Crippen molar-refractivity contribution < 1.29 is 9.59 Å². The van der Waals surface area contributed by atoms with E-state index in [0.29, 0.717) is 5.69 Å². The SMILES string of the molecule is NC(=O)c1ccc(NC(=O)c2nc(N)n[nH]2)cc1Cl. The van der Waals surface area contributed by atoms with Crippen LogP contribution >= 0.6 is 11.6 Å². The molecule has 6 N–H and O–H groups in total. The lowest BCUT2D eigenvalue weighted by Crippen LogP contribution is -2.15. The van der Waals surface area contributed by atoms with Crippen LogP contribution in [0.3, 0.4) is 0 Å². The van der Waals surface area contributed by atoms with Gasteiger partial charge in [-0.3, -0.25) is 14.7 Å². The van der Waals surface area contributed by atoms with E-state index in [9.17, 15) is 9.59 Å². The molecule has 0 aliphatic carbocycles. The fourth-order valence-electron chi connectivity index (χ4n) is 1.36. The smallest absolute Gasteiger partial charge is 0.293 e. The maximum atomic E-state index is 11.7. The summed E-state index contributed by atoms with van der Waals surface area (Å²) < 4.78 is 0. The van der Waals surface area contributed by atoms with Crippen molar-refractivity contribution in [2.75, 3.05) is 11.1 Å². The van der Waals surface area contributed by atoms with E-state index in [1.165, 1.54) is 18.2 Å². The van der Waals surface area contributed by atoms with Gasteiger partial charge in [-0.15, -0.1) is 5.10 Å². The van der Waals surface area contributed by atoms with E-state index in [0.717, 1.165) is 0 Å². The Morgan fingerprint density at radius 3 is 2.63 bits per heavy atom. The first-order chi connectivity index (χ1) is 8.97. The molecular formula is C10H9ClN6O2. The molecular weight excluding hydrogens is 272 g/mol. The van der Waals surface area contributed by atoms with E-state index in [-0.39, 0.29) is 22.4 Å². The van der Waals surface area contributed by atoms with Gasteiger partial charge >= 0.3 is 0 Å². The third-order valence-electron chi connectivity index (χ3n) is 2.21. The van der Waals surface area contributed by atoms with Gasteiger partial charge in [0.1, 0.15) is 0 Å². The monoisotopic (exact) mass is 280 g/mol. The van der Waals surface area contributed by atoms with Crippen LogP contribution in [0.2, 0.25) is 5.02 Å². The minimum atomic E-state index is -0.647. The number of hydrogen-bond donors (Lipinski definition) is 4. The molecule has 0 spiro atoms. The number of aromatic amines is 1. The van der Waals surface area contributed by atoms with Gasteiger partial charge in [-0.05, 0) is 18.2 Å². The molecule has 98 valence electrons. The lowest BCUT2D eigenvalue weighted by atomic mass is 10.2. The summed E-state index contributed by atoms with van der Waals surface area (Å²) in [5.74, 6) is -1.25. The van der Waals surface area contributed by atoms with Crippen molar-refractivity contribution in [3.63, 3.8) is 0 Å². The van der Waals surface area contributed by atoms with Crippen molar-refractivity contribution in [2.24, 2.45) is 5.73 Å². The highest BCUT2D eigenvalue weighted by atomic mass is 35.5. The summed E-state index contributed by atoms with van der Waals surface area (Å²) in [4.78, 5) is 26.4. The van der Waals surface area contributed by atoms with E-state index in [1.807, 2.05) is 0 Å². The number of halogens is 1. The average molecular weight is 281 g/mol. The molecule has 0 atom stereocenters. The van der Waals surface area contributed by atoms with Gasteiger partial charge in [0.25, 0.3) is 5.91 Å². The summed E-state index contributed by atoms with van der Waals surface area (Å²) in [7, 11) is 0. The Bertz CT molecular complexity index is 653. The summed E-state index contributed by atoms with van der Waals surface area (Å²) in [6.07, 6.45) is 0. The Hall–Kier alpha value is -2.61. The Morgan fingerprint density at radius 1 is 1.37 bits per heavy atom. The average Bonchev–Trinajstić information content (AvgIpc) is 2.75. The van der Waals surface area contributed by atoms with Crippen LogP contribution in [0.15, 0.2) is 18.2 Å². The molecule has 9 heteroatoms. The number of nitrogens with one attached hydrogen (secondary N) is 2. The van der Waals surface area contributed by atoms with Crippen molar-refractivity contribution in [1.82, 2.24) is 15.2 Å². The molecule has 2 amide bonds. The quantitative estimate of drug-likeness (QED) is 0.644. The molecule has 0 saturated heterocycles. The minimum Gasteiger partial charge on any atom is -0.366 e. The fourth-order valence-corrected chi connectivity index (χ4v) is 1.63. The fraction of sp³-hybridized carbons (Fsp3) is 0. The Kier molecular flexibility index (Phi) is 3.34. The van der Waals surface area contributed by atoms with E-state index < -0.39 is 11.8 Å². The number of rotatable bonds is 3. The summed E-state index contributed by atoms with van der Waals surface area (Å²) in [5, 5.41) is 8.55. The molecule has 1 aromatic carbocycles. The second-order valence-electron chi connectivity index (χ2n) is 3.56. The number of H-pyrrole nitrogens is 1. The number of carbonyl (C=O) groups excluding carboxylic acids is 2. The number of benzene rings is 1. The van der Waals surface area contributed by atoms with Crippen LogP contribution in [0.5, 0.6) is 0 Å². The Balaban J connectivity index is 2.18. The first-order valence-electron chi connectivity index (χ1n) is 5.06. The normalized spacial score (nSPS) is 10.2. The van der Waals surface area contributed by atoms with Crippen molar-refractivity contribution >= 4 is 35.1 Å². The van der Waals surface area contributed by atoms with E-state index in [4.69, 9.17) is 23.1 Å². The van der Waals surface area contributed by atoms with Crippen molar-refractivity contribution in [1.29, 1.82) is 0 Å². The van der Waals surface area contributed by atoms with Crippen LogP contribution in [-0.2, 0) is 0 Å². The van der Waals surface area contributed by atoms with Gasteiger partial charge in [-0.2, -0.15) is 4.98 Å². The highest BCUT2D eigenvalue weighted by Crippen LogP contribution is 2.20. The minimum absolute atomic E-state index is 0.0346. The molecule has 0 fully saturated rings. The maximum Gasteiger partial charge on any atom is 0.293 e. The molecule has 19 heavy (non-hydrogen) atoms.